The van der Waals surface area contributed by atoms with Crippen molar-refractivity contribution in [3.05, 3.63) is 65.1 Å². The highest BCUT2D eigenvalue weighted by molar-refractivity contribution is 7.89. The van der Waals surface area contributed by atoms with Gasteiger partial charge in [-0.25, -0.2) is 18.2 Å². The van der Waals surface area contributed by atoms with Crippen LogP contribution in [-0.2, 0) is 26.1 Å². The molecule has 3 aromatic rings. The van der Waals surface area contributed by atoms with Crippen LogP contribution in [0.5, 0.6) is 0 Å². The van der Waals surface area contributed by atoms with Crippen molar-refractivity contribution in [2.24, 2.45) is 0 Å². The summed E-state index contributed by atoms with van der Waals surface area (Å²) in [5, 5.41) is 0.574. The van der Waals surface area contributed by atoms with Crippen molar-refractivity contribution >= 4 is 33.2 Å². The molecule has 1 aliphatic rings. The Morgan fingerprint density at radius 3 is 2.48 bits per heavy atom. The Balaban J connectivity index is 1.42. The van der Waals surface area contributed by atoms with Gasteiger partial charge in [0.15, 0.2) is 0 Å². The Hall–Kier alpha value is -2.46. The zero-order valence-electron chi connectivity index (χ0n) is 17.1. The van der Waals surface area contributed by atoms with Gasteiger partial charge in [0.2, 0.25) is 10.0 Å². The number of morpholine rings is 1. The van der Waals surface area contributed by atoms with Crippen LogP contribution in [-0.4, -0.2) is 53.4 Å². The van der Waals surface area contributed by atoms with Gasteiger partial charge in [0.05, 0.1) is 33.4 Å². The second kappa shape index (κ2) is 8.58. The first-order valence-electron chi connectivity index (χ1n) is 9.78. The van der Waals surface area contributed by atoms with Crippen LogP contribution in [0.1, 0.15) is 29.9 Å². The number of esters is 1. The molecular weight excluding hydrogens is 442 g/mol. The molecular formula is C21H22ClN3O5S. The lowest BCUT2D eigenvalue weighted by Gasteiger charge is -2.34. The largest absolute Gasteiger partial charge is 0.456 e. The predicted molar refractivity (Wildman–Crippen MR) is 115 cm³/mol. The minimum absolute atomic E-state index is 0.0122. The number of carbonyl (C=O) groups excluding carboxylic acids is 1. The van der Waals surface area contributed by atoms with Crippen LogP contribution in [0.15, 0.2) is 53.7 Å². The van der Waals surface area contributed by atoms with Crippen LogP contribution in [0, 0.1) is 0 Å². The van der Waals surface area contributed by atoms with Crippen LogP contribution in [0.25, 0.3) is 5.65 Å². The highest BCUT2D eigenvalue weighted by atomic mass is 35.5. The quantitative estimate of drug-likeness (QED) is 0.540. The molecule has 0 N–H and O–H groups in total. The van der Waals surface area contributed by atoms with Crippen molar-refractivity contribution in [2.45, 2.75) is 37.6 Å². The molecule has 1 aromatic carbocycles. The van der Waals surface area contributed by atoms with Gasteiger partial charge in [-0.1, -0.05) is 11.6 Å². The van der Waals surface area contributed by atoms with Crippen molar-refractivity contribution in [1.82, 2.24) is 13.7 Å². The number of pyridine rings is 1. The molecule has 8 nitrogen and oxygen atoms in total. The van der Waals surface area contributed by atoms with Gasteiger partial charge in [0.25, 0.3) is 0 Å². The number of imidazole rings is 1. The van der Waals surface area contributed by atoms with E-state index in [9.17, 15) is 13.2 Å². The molecule has 164 valence electrons. The van der Waals surface area contributed by atoms with Gasteiger partial charge in [-0.05, 0) is 50.2 Å². The molecule has 4 rings (SSSR count). The standard InChI is InChI=1S/C21H22ClN3O5S/c1-14-9-25(10-15(2)30-14)31(27,28)19-6-3-16(4-7-19)21(26)29-13-18-12-24-11-17(22)5-8-20(24)23-18/h3-8,11-12,14-15H,9-10,13H2,1-2H3/t14-,15+. The molecule has 2 aromatic heterocycles. The Bertz CT molecular complexity index is 1200. The maximum atomic E-state index is 12.9. The number of nitrogens with zero attached hydrogens (tertiary/aromatic N) is 3. The highest BCUT2D eigenvalue weighted by Crippen LogP contribution is 2.22. The SMILES string of the molecule is C[C@@H]1CN(S(=O)(=O)c2ccc(C(=O)OCc3cn4cc(Cl)ccc4n3)cc2)C[C@H](C)O1. The Morgan fingerprint density at radius 2 is 1.81 bits per heavy atom. The Labute approximate surface area is 185 Å². The fourth-order valence-electron chi connectivity index (χ4n) is 3.55. The van der Waals surface area contributed by atoms with Crippen molar-refractivity contribution in [2.75, 3.05) is 13.1 Å². The molecule has 0 bridgehead atoms. The smallest absolute Gasteiger partial charge is 0.338 e. The van der Waals surface area contributed by atoms with Crippen LogP contribution in [0.2, 0.25) is 5.02 Å². The van der Waals surface area contributed by atoms with E-state index in [-0.39, 0.29) is 29.3 Å². The Morgan fingerprint density at radius 1 is 1.13 bits per heavy atom. The van der Waals surface area contributed by atoms with Crippen molar-refractivity contribution < 1.29 is 22.7 Å². The summed E-state index contributed by atoms with van der Waals surface area (Å²) in [6.07, 6.45) is 3.09. The molecule has 3 heterocycles. The van der Waals surface area contributed by atoms with Gasteiger partial charge in [-0.15, -0.1) is 0 Å². The molecule has 0 saturated carbocycles. The number of hydrogen-bond donors (Lipinski definition) is 0. The third-order valence-electron chi connectivity index (χ3n) is 4.93. The highest BCUT2D eigenvalue weighted by Gasteiger charge is 2.32. The number of sulfonamides is 1. The first kappa shape index (κ1) is 21.8. The number of aromatic nitrogens is 2. The van der Waals surface area contributed by atoms with E-state index in [1.165, 1.54) is 28.6 Å². The monoisotopic (exact) mass is 463 g/mol. The van der Waals surface area contributed by atoms with Gasteiger partial charge in [0, 0.05) is 25.5 Å². The van der Waals surface area contributed by atoms with Gasteiger partial charge in [-0.3, -0.25) is 0 Å². The molecule has 31 heavy (non-hydrogen) atoms. The van der Waals surface area contributed by atoms with Crippen molar-refractivity contribution in [3.8, 4) is 0 Å². The fraction of sp³-hybridized carbons (Fsp3) is 0.333. The average Bonchev–Trinajstić information content (AvgIpc) is 3.13. The zero-order valence-corrected chi connectivity index (χ0v) is 18.6. The number of rotatable bonds is 5. The first-order chi connectivity index (χ1) is 14.7. The summed E-state index contributed by atoms with van der Waals surface area (Å²) < 4.78 is 39.9. The van der Waals surface area contributed by atoms with Crippen molar-refractivity contribution in [1.29, 1.82) is 0 Å². The topological polar surface area (TPSA) is 90.2 Å². The third kappa shape index (κ3) is 4.74. The minimum Gasteiger partial charge on any atom is -0.456 e. The molecule has 10 heteroatoms. The van der Waals surface area contributed by atoms with Gasteiger partial charge in [-0.2, -0.15) is 4.31 Å². The van der Waals surface area contributed by atoms with E-state index in [4.69, 9.17) is 21.1 Å². The van der Waals surface area contributed by atoms with E-state index >= 15 is 0 Å². The molecule has 0 radical (unpaired) electrons. The number of hydrogen-bond acceptors (Lipinski definition) is 6. The molecule has 0 amide bonds. The van der Waals surface area contributed by atoms with E-state index in [0.29, 0.717) is 29.5 Å². The van der Waals surface area contributed by atoms with E-state index in [1.54, 1.807) is 28.9 Å². The molecule has 2 atom stereocenters. The maximum Gasteiger partial charge on any atom is 0.338 e. The van der Waals surface area contributed by atoms with E-state index in [0.717, 1.165) is 0 Å². The third-order valence-corrected chi connectivity index (χ3v) is 7.00. The lowest BCUT2D eigenvalue weighted by atomic mass is 10.2. The molecule has 1 aliphatic heterocycles. The van der Waals surface area contributed by atoms with Crippen LogP contribution in [0.3, 0.4) is 0 Å². The fourth-order valence-corrected chi connectivity index (χ4v) is 5.31. The first-order valence-corrected chi connectivity index (χ1v) is 11.6. The second-order valence-electron chi connectivity index (χ2n) is 7.52. The summed E-state index contributed by atoms with van der Waals surface area (Å²) >= 11 is 5.96. The van der Waals surface area contributed by atoms with Crippen LogP contribution < -0.4 is 0 Å². The zero-order chi connectivity index (χ0) is 22.2. The maximum absolute atomic E-state index is 12.9. The van der Waals surface area contributed by atoms with E-state index in [1.807, 2.05) is 13.8 Å². The van der Waals surface area contributed by atoms with E-state index < -0.39 is 16.0 Å². The summed E-state index contributed by atoms with van der Waals surface area (Å²) in [7, 11) is -3.67. The number of benzene rings is 1. The summed E-state index contributed by atoms with van der Waals surface area (Å²) in [6.45, 7) is 4.26. The average molecular weight is 464 g/mol. The number of halogens is 1. The van der Waals surface area contributed by atoms with Gasteiger partial charge < -0.3 is 13.9 Å². The lowest BCUT2D eigenvalue weighted by Crippen LogP contribution is -2.48. The molecule has 1 saturated heterocycles. The number of fused-ring (bicyclic) bond motifs is 1. The van der Waals surface area contributed by atoms with Crippen molar-refractivity contribution in [3.63, 3.8) is 0 Å². The number of ether oxygens (including phenoxy) is 2. The summed E-state index contributed by atoms with van der Waals surface area (Å²) in [4.78, 5) is 16.9. The predicted octanol–water partition coefficient (Wildman–Crippen LogP) is 3.14. The molecule has 1 fully saturated rings. The van der Waals surface area contributed by atoms with Gasteiger partial charge in [0.1, 0.15) is 12.3 Å². The van der Waals surface area contributed by atoms with E-state index in [2.05, 4.69) is 4.98 Å². The van der Waals surface area contributed by atoms with Crippen LogP contribution >= 0.6 is 11.6 Å². The normalized spacial score (nSPS) is 20.1. The lowest BCUT2D eigenvalue weighted by molar-refractivity contribution is -0.0440. The second-order valence-corrected chi connectivity index (χ2v) is 9.90. The summed E-state index contributed by atoms with van der Waals surface area (Å²) in [5.74, 6) is -0.562. The molecule has 0 unspecified atom stereocenters. The summed E-state index contributed by atoms with van der Waals surface area (Å²) in [6, 6.07) is 9.24. The molecule has 0 spiro atoms. The Kier molecular flexibility index (Phi) is 6.02. The van der Waals surface area contributed by atoms with Gasteiger partial charge >= 0.3 is 5.97 Å². The summed E-state index contributed by atoms with van der Waals surface area (Å²) in [5.41, 5.74) is 1.52. The number of carbonyl (C=O) groups is 1. The van der Waals surface area contributed by atoms with Crippen LogP contribution in [0.4, 0.5) is 0 Å². The molecule has 0 aliphatic carbocycles. The minimum atomic E-state index is -3.67.